The van der Waals surface area contributed by atoms with Gasteiger partial charge in [-0.05, 0) is 86.9 Å². The molecule has 1 aliphatic heterocycles. The molecule has 0 radical (unpaired) electrons. The normalized spacial score (nSPS) is 15.7. The van der Waals surface area contributed by atoms with E-state index < -0.39 is 0 Å². The number of unbranched alkanes of at least 4 members (excludes halogenated alkanes) is 1. The molecule has 1 atom stereocenters. The Kier molecular flexibility index (Phi) is 7.49. The molecule has 2 aromatic carbocycles. The second kappa shape index (κ2) is 11.5. The summed E-state index contributed by atoms with van der Waals surface area (Å²) < 4.78 is 12.3. The van der Waals surface area contributed by atoms with Gasteiger partial charge in [0.15, 0.2) is 11.2 Å². The number of amides is 1. The van der Waals surface area contributed by atoms with Crippen LogP contribution < -0.4 is 4.74 Å². The van der Waals surface area contributed by atoms with Crippen LogP contribution in [-0.2, 0) is 11.2 Å². The predicted molar refractivity (Wildman–Crippen MR) is 155 cm³/mol. The van der Waals surface area contributed by atoms with E-state index in [9.17, 15) is 4.79 Å². The lowest BCUT2D eigenvalue weighted by Gasteiger charge is -2.32. The van der Waals surface area contributed by atoms with E-state index in [1.165, 1.54) is 6.42 Å². The number of ether oxygens (including phenoxy) is 1. The monoisotopic (exact) mass is 537 g/mol. The summed E-state index contributed by atoms with van der Waals surface area (Å²) in [5.41, 5.74) is 5.34. The number of nitrogens with one attached hydrogen (secondary N) is 1. The predicted octanol–water partition coefficient (Wildman–Crippen LogP) is 7.23. The number of oxazole rings is 1. The summed E-state index contributed by atoms with van der Waals surface area (Å²) in [5, 5.41) is 8.55. The number of aromatic nitrogens is 4. The topological polar surface area (TPSA) is 97.1 Å². The highest BCUT2D eigenvalue weighted by Gasteiger charge is 2.22. The van der Waals surface area contributed by atoms with E-state index in [0.717, 1.165) is 90.0 Å². The summed E-state index contributed by atoms with van der Waals surface area (Å²) >= 11 is 0. The van der Waals surface area contributed by atoms with Gasteiger partial charge in [0.2, 0.25) is 11.8 Å². The Labute approximate surface area is 233 Å². The number of carbonyl (C=O) groups excluding carboxylic acids is 1. The fourth-order valence-corrected chi connectivity index (χ4v) is 5.73. The third-order valence-corrected chi connectivity index (χ3v) is 7.90. The molecule has 8 nitrogen and oxygen atoms in total. The number of nitrogens with zero attached hydrogens (tertiary/aromatic N) is 4. The van der Waals surface area contributed by atoms with E-state index in [2.05, 4.69) is 20.2 Å². The number of hydrogen-bond donors (Lipinski definition) is 1. The molecule has 0 aliphatic carbocycles. The molecule has 8 heteroatoms. The highest BCUT2D eigenvalue weighted by molar-refractivity contribution is 5.85. The molecule has 1 aliphatic rings. The van der Waals surface area contributed by atoms with Crippen molar-refractivity contribution in [2.45, 2.75) is 58.8 Å². The molecule has 206 valence electrons. The van der Waals surface area contributed by atoms with Crippen molar-refractivity contribution in [3.05, 3.63) is 66.0 Å². The molecular formula is C32H35N5O3. The van der Waals surface area contributed by atoms with E-state index in [1.807, 2.05) is 67.3 Å². The van der Waals surface area contributed by atoms with Gasteiger partial charge in [-0.25, -0.2) is 9.97 Å². The smallest absolute Gasteiger partial charge is 0.227 e. The maximum atomic E-state index is 12.1. The van der Waals surface area contributed by atoms with Crippen LogP contribution in [0.25, 0.3) is 33.6 Å². The number of carbonyl (C=O) groups is 1. The van der Waals surface area contributed by atoms with Gasteiger partial charge in [-0.1, -0.05) is 25.5 Å². The average molecular weight is 538 g/mol. The molecule has 0 saturated carbocycles. The van der Waals surface area contributed by atoms with E-state index in [4.69, 9.17) is 9.15 Å². The second-order valence-corrected chi connectivity index (χ2v) is 10.7. The van der Waals surface area contributed by atoms with E-state index in [-0.39, 0.29) is 5.91 Å². The van der Waals surface area contributed by atoms with Crippen LogP contribution in [0.15, 0.2) is 59.1 Å². The quantitative estimate of drug-likeness (QED) is 0.199. The van der Waals surface area contributed by atoms with Crippen molar-refractivity contribution in [1.29, 1.82) is 0 Å². The molecule has 1 N–H and O–H groups in total. The third kappa shape index (κ3) is 5.43. The molecule has 4 heterocycles. The molecule has 1 fully saturated rings. The van der Waals surface area contributed by atoms with E-state index >= 15 is 0 Å². The number of para-hydroxylation sites is 1. The van der Waals surface area contributed by atoms with Gasteiger partial charge in [0.05, 0.1) is 5.39 Å². The second-order valence-electron chi connectivity index (χ2n) is 10.7. The minimum absolute atomic E-state index is 0.282. The Morgan fingerprint density at radius 2 is 2.02 bits per heavy atom. The van der Waals surface area contributed by atoms with Crippen LogP contribution in [0.2, 0.25) is 0 Å². The zero-order valence-electron chi connectivity index (χ0n) is 23.2. The summed E-state index contributed by atoms with van der Waals surface area (Å²) in [7, 11) is 0. The number of H-pyrrole nitrogens is 1. The standard InChI is InChI=1S/C32H35N5O3/c1-3-28(38)37-19-7-10-22(20-37)9-4-5-11-25-29-27(17-18-33-31(29)36-35-25)39-24-15-13-23(14-16-24)32-34-26-12-6-8-21(2)30(26)40-32/h6,8,12-18,22H,3-5,7,9-11,19-20H2,1-2H3,(H,33,35,36). The summed E-state index contributed by atoms with van der Waals surface area (Å²) in [4.78, 5) is 23.2. The third-order valence-electron chi connectivity index (χ3n) is 7.90. The van der Waals surface area contributed by atoms with E-state index in [1.54, 1.807) is 6.20 Å². The first-order valence-electron chi connectivity index (χ1n) is 14.3. The van der Waals surface area contributed by atoms with Gasteiger partial charge >= 0.3 is 0 Å². The lowest BCUT2D eigenvalue weighted by atomic mass is 9.92. The molecule has 0 spiro atoms. The fourth-order valence-electron chi connectivity index (χ4n) is 5.73. The number of benzene rings is 2. The SMILES string of the molecule is CCC(=O)N1CCCC(CCCCc2[nH]nc3nccc(Oc4ccc(-c5nc6cccc(C)c6o5)cc4)c23)C1. The molecule has 6 rings (SSSR count). The zero-order valence-corrected chi connectivity index (χ0v) is 23.2. The molecule has 1 unspecified atom stereocenters. The maximum Gasteiger partial charge on any atom is 0.227 e. The van der Waals surface area contributed by atoms with Gasteiger partial charge in [0, 0.05) is 37.0 Å². The lowest BCUT2D eigenvalue weighted by Crippen LogP contribution is -2.39. The van der Waals surface area contributed by atoms with Crippen molar-refractivity contribution in [2.24, 2.45) is 5.92 Å². The zero-order chi connectivity index (χ0) is 27.5. The fraction of sp³-hybridized carbons (Fsp3) is 0.375. The number of likely N-dealkylation sites (tertiary alicyclic amines) is 1. The molecule has 40 heavy (non-hydrogen) atoms. The van der Waals surface area contributed by atoms with Crippen LogP contribution in [0.5, 0.6) is 11.5 Å². The van der Waals surface area contributed by atoms with Gasteiger partial charge in [0.1, 0.15) is 17.0 Å². The van der Waals surface area contributed by atoms with Crippen LogP contribution in [0, 0.1) is 12.8 Å². The Morgan fingerprint density at radius 1 is 1.15 bits per heavy atom. The highest BCUT2D eigenvalue weighted by atomic mass is 16.5. The van der Waals surface area contributed by atoms with Gasteiger partial charge in [-0.3, -0.25) is 9.89 Å². The van der Waals surface area contributed by atoms with Gasteiger partial charge < -0.3 is 14.1 Å². The van der Waals surface area contributed by atoms with Crippen LogP contribution in [0.3, 0.4) is 0 Å². The van der Waals surface area contributed by atoms with Crippen molar-refractivity contribution in [3.8, 4) is 23.0 Å². The van der Waals surface area contributed by atoms with E-state index in [0.29, 0.717) is 23.9 Å². The number of pyridine rings is 1. The molecule has 1 saturated heterocycles. The van der Waals surface area contributed by atoms with Crippen LogP contribution in [-0.4, -0.2) is 44.1 Å². The molecule has 3 aromatic heterocycles. The number of aryl methyl sites for hydroxylation is 2. The first-order chi connectivity index (χ1) is 19.6. The minimum Gasteiger partial charge on any atom is -0.456 e. The molecule has 1 amide bonds. The minimum atomic E-state index is 0.282. The highest BCUT2D eigenvalue weighted by Crippen LogP contribution is 2.33. The first kappa shape index (κ1) is 26.0. The van der Waals surface area contributed by atoms with Crippen LogP contribution in [0.4, 0.5) is 0 Å². The number of hydrogen-bond acceptors (Lipinski definition) is 6. The van der Waals surface area contributed by atoms with Crippen molar-refractivity contribution < 1.29 is 13.9 Å². The van der Waals surface area contributed by atoms with Crippen molar-refractivity contribution in [2.75, 3.05) is 13.1 Å². The van der Waals surface area contributed by atoms with Gasteiger partial charge in [-0.15, -0.1) is 0 Å². The summed E-state index contributed by atoms with van der Waals surface area (Å²) in [5.74, 6) is 2.94. The number of rotatable bonds is 9. The van der Waals surface area contributed by atoms with Crippen LogP contribution in [0.1, 0.15) is 56.7 Å². The lowest BCUT2D eigenvalue weighted by molar-refractivity contribution is -0.132. The Balaban J connectivity index is 1.10. The first-order valence-corrected chi connectivity index (χ1v) is 14.3. The summed E-state index contributed by atoms with van der Waals surface area (Å²) in [6, 6.07) is 15.6. The molecular weight excluding hydrogens is 502 g/mol. The number of piperidine rings is 1. The average Bonchev–Trinajstić information content (AvgIpc) is 3.61. The Hall–Kier alpha value is -4.20. The number of aromatic amines is 1. The van der Waals surface area contributed by atoms with Crippen molar-refractivity contribution in [3.63, 3.8) is 0 Å². The Morgan fingerprint density at radius 3 is 2.85 bits per heavy atom. The molecule has 0 bridgehead atoms. The maximum absolute atomic E-state index is 12.1. The van der Waals surface area contributed by atoms with Gasteiger partial charge in [0.25, 0.3) is 0 Å². The van der Waals surface area contributed by atoms with Crippen molar-refractivity contribution >= 4 is 28.0 Å². The molecule has 5 aromatic rings. The largest absolute Gasteiger partial charge is 0.456 e. The van der Waals surface area contributed by atoms with Crippen LogP contribution >= 0.6 is 0 Å². The van der Waals surface area contributed by atoms with Crippen molar-refractivity contribution in [1.82, 2.24) is 25.1 Å². The number of fused-ring (bicyclic) bond motifs is 2. The summed E-state index contributed by atoms with van der Waals surface area (Å²) in [6.45, 7) is 5.79. The Bertz CT molecular complexity index is 1620. The van der Waals surface area contributed by atoms with Gasteiger partial charge in [-0.2, -0.15) is 5.10 Å². The summed E-state index contributed by atoms with van der Waals surface area (Å²) in [6.07, 6.45) is 8.84.